The molecule has 0 bridgehead atoms. The molecule has 0 fully saturated rings. The molecule has 2 N–H and O–H groups in total. The molecule has 0 saturated heterocycles. The Balaban J connectivity index is 2.43. The minimum Gasteiger partial charge on any atom is -0.324 e. The van der Waals surface area contributed by atoms with Crippen molar-refractivity contribution in [2.45, 2.75) is 45.1 Å². The van der Waals surface area contributed by atoms with Gasteiger partial charge >= 0.3 is 0 Å². The highest BCUT2D eigenvalue weighted by molar-refractivity contribution is 6.30. The molecule has 1 atom stereocenters. The zero-order valence-corrected chi connectivity index (χ0v) is 11.3. The van der Waals surface area contributed by atoms with E-state index < -0.39 is 0 Å². The third-order valence-electron chi connectivity index (χ3n) is 3.06. The molecule has 1 unspecified atom stereocenters. The first-order chi connectivity index (χ1) is 8.15. The van der Waals surface area contributed by atoms with Crippen LogP contribution in [0.1, 0.15) is 49.3 Å². The number of benzene rings is 1. The minimum atomic E-state index is 0.109. The van der Waals surface area contributed by atoms with Crippen LogP contribution in [0, 0.1) is 6.92 Å². The van der Waals surface area contributed by atoms with E-state index >= 15 is 0 Å². The smallest absolute Gasteiger partial charge is 0.0409 e. The molecule has 1 nitrogen and oxygen atoms in total. The van der Waals surface area contributed by atoms with Gasteiger partial charge in [0.1, 0.15) is 0 Å². The first-order valence-electron chi connectivity index (χ1n) is 6.27. The molecule has 17 heavy (non-hydrogen) atoms. The molecule has 0 aliphatic carbocycles. The lowest BCUT2D eigenvalue weighted by Gasteiger charge is -2.15. The molecule has 0 aliphatic heterocycles. The normalized spacial score (nSPS) is 12.4. The summed E-state index contributed by atoms with van der Waals surface area (Å²) in [5.41, 5.74) is 8.61. The summed E-state index contributed by atoms with van der Waals surface area (Å²) in [4.78, 5) is 0. The van der Waals surface area contributed by atoms with Crippen LogP contribution in [-0.4, -0.2) is 0 Å². The molecule has 0 aliphatic rings. The third-order valence-corrected chi connectivity index (χ3v) is 3.30. The van der Waals surface area contributed by atoms with Gasteiger partial charge in [-0.15, -0.1) is 6.58 Å². The second kappa shape index (κ2) is 7.52. The van der Waals surface area contributed by atoms with E-state index in [1.807, 2.05) is 24.3 Å². The summed E-state index contributed by atoms with van der Waals surface area (Å²) in [6.45, 7) is 5.81. The van der Waals surface area contributed by atoms with Crippen LogP contribution in [0.5, 0.6) is 0 Å². The van der Waals surface area contributed by atoms with Crippen molar-refractivity contribution in [3.63, 3.8) is 0 Å². The number of nitrogens with two attached hydrogens (primary N) is 1. The number of rotatable bonds is 7. The van der Waals surface area contributed by atoms with Crippen molar-refractivity contribution in [1.82, 2.24) is 0 Å². The lowest BCUT2D eigenvalue weighted by atomic mass is 9.97. The Morgan fingerprint density at radius 3 is 2.82 bits per heavy atom. The summed E-state index contributed by atoms with van der Waals surface area (Å²) >= 11 is 6.00. The van der Waals surface area contributed by atoms with Crippen LogP contribution < -0.4 is 5.73 Å². The average Bonchev–Trinajstić information content (AvgIpc) is 2.32. The molecule has 0 amide bonds. The maximum Gasteiger partial charge on any atom is 0.0409 e. The summed E-state index contributed by atoms with van der Waals surface area (Å²) in [7, 11) is 0. The van der Waals surface area contributed by atoms with E-state index in [2.05, 4.69) is 13.5 Å². The molecule has 0 spiro atoms. The molecule has 0 aromatic heterocycles. The van der Waals surface area contributed by atoms with E-state index in [-0.39, 0.29) is 6.04 Å². The van der Waals surface area contributed by atoms with E-state index in [1.54, 1.807) is 0 Å². The van der Waals surface area contributed by atoms with Crippen LogP contribution in [0.25, 0.3) is 0 Å². The van der Waals surface area contributed by atoms with Crippen molar-refractivity contribution < 1.29 is 0 Å². The predicted octanol–water partition coefficient (Wildman–Crippen LogP) is 4.78. The predicted molar refractivity (Wildman–Crippen MR) is 76.4 cm³/mol. The van der Waals surface area contributed by atoms with Crippen LogP contribution in [0.15, 0.2) is 30.9 Å². The summed E-state index contributed by atoms with van der Waals surface area (Å²) in [6, 6.07) is 6.05. The van der Waals surface area contributed by atoms with Crippen molar-refractivity contribution in [3.05, 3.63) is 47.0 Å². The average molecular weight is 252 g/mol. The van der Waals surface area contributed by atoms with Crippen molar-refractivity contribution in [3.8, 4) is 0 Å². The first kappa shape index (κ1) is 14.3. The van der Waals surface area contributed by atoms with Gasteiger partial charge in [0.25, 0.3) is 0 Å². The summed E-state index contributed by atoms with van der Waals surface area (Å²) < 4.78 is 0. The monoisotopic (exact) mass is 251 g/mol. The number of hydrogen-bond acceptors (Lipinski definition) is 1. The summed E-state index contributed by atoms with van der Waals surface area (Å²) in [5, 5.41) is 0.771. The quantitative estimate of drug-likeness (QED) is 0.548. The molecular weight excluding hydrogens is 230 g/mol. The minimum absolute atomic E-state index is 0.109. The number of hydrogen-bond donors (Lipinski definition) is 1. The SMILES string of the molecule is C=CCCCCCC(N)c1cc(Cl)ccc1C. The second-order valence-corrected chi connectivity index (χ2v) is 4.97. The summed E-state index contributed by atoms with van der Waals surface area (Å²) in [6.07, 6.45) is 7.70. The largest absolute Gasteiger partial charge is 0.324 e. The van der Waals surface area contributed by atoms with E-state index in [1.165, 1.54) is 30.4 Å². The number of halogens is 1. The number of allylic oxidation sites excluding steroid dienone is 1. The Morgan fingerprint density at radius 1 is 1.35 bits per heavy atom. The molecule has 0 saturated carbocycles. The van der Waals surface area contributed by atoms with Gasteiger partial charge in [0.05, 0.1) is 0 Å². The van der Waals surface area contributed by atoms with Crippen LogP contribution in [0.2, 0.25) is 5.02 Å². The Labute approximate surface area is 110 Å². The maximum absolute atomic E-state index is 6.20. The van der Waals surface area contributed by atoms with Crippen molar-refractivity contribution >= 4 is 11.6 Å². The Bertz CT molecular complexity index is 360. The van der Waals surface area contributed by atoms with Crippen LogP contribution in [0.3, 0.4) is 0 Å². The molecule has 1 aromatic carbocycles. The Morgan fingerprint density at radius 2 is 2.12 bits per heavy atom. The topological polar surface area (TPSA) is 26.0 Å². The van der Waals surface area contributed by atoms with Crippen LogP contribution >= 0.6 is 11.6 Å². The van der Waals surface area contributed by atoms with E-state index in [0.29, 0.717) is 0 Å². The molecule has 0 radical (unpaired) electrons. The molecular formula is C15H22ClN. The fourth-order valence-electron chi connectivity index (χ4n) is 2.00. The van der Waals surface area contributed by atoms with E-state index in [4.69, 9.17) is 17.3 Å². The Kier molecular flexibility index (Phi) is 6.31. The van der Waals surface area contributed by atoms with Crippen LogP contribution in [-0.2, 0) is 0 Å². The Hall–Kier alpha value is -0.790. The van der Waals surface area contributed by atoms with Gasteiger partial charge < -0.3 is 5.73 Å². The summed E-state index contributed by atoms with van der Waals surface area (Å²) in [5.74, 6) is 0. The van der Waals surface area contributed by atoms with Gasteiger partial charge in [-0.3, -0.25) is 0 Å². The highest BCUT2D eigenvalue weighted by Gasteiger charge is 2.09. The van der Waals surface area contributed by atoms with E-state index in [9.17, 15) is 0 Å². The fourth-order valence-corrected chi connectivity index (χ4v) is 2.18. The van der Waals surface area contributed by atoms with Gasteiger partial charge in [-0.25, -0.2) is 0 Å². The van der Waals surface area contributed by atoms with Crippen LogP contribution in [0.4, 0.5) is 0 Å². The zero-order chi connectivity index (χ0) is 12.7. The van der Waals surface area contributed by atoms with Gasteiger partial charge in [0.15, 0.2) is 0 Å². The number of unbranched alkanes of at least 4 members (excludes halogenated alkanes) is 3. The first-order valence-corrected chi connectivity index (χ1v) is 6.65. The van der Waals surface area contributed by atoms with Gasteiger partial charge in [-0.05, 0) is 49.4 Å². The van der Waals surface area contributed by atoms with Gasteiger partial charge in [0.2, 0.25) is 0 Å². The number of aryl methyl sites for hydroxylation is 1. The maximum atomic E-state index is 6.20. The molecule has 0 heterocycles. The van der Waals surface area contributed by atoms with Crippen molar-refractivity contribution in [2.75, 3.05) is 0 Å². The highest BCUT2D eigenvalue weighted by atomic mass is 35.5. The highest BCUT2D eigenvalue weighted by Crippen LogP contribution is 2.24. The van der Waals surface area contributed by atoms with Crippen molar-refractivity contribution in [1.29, 1.82) is 0 Å². The van der Waals surface area contributed by atoms with E-state index in [0.717, 1.165) is 17.9 Å². The third kappa shape index (κ3) is 4.93. The van der Waals surface area contributed by atoms with Crippen molar-refractivity contribution in [2.24, 2.45) is 5.73 Å². The van der Waals surface area contributed by atoms with Gasteiger partial charge in [-0.1, -0.05) is 36.6 Å². The lowest BCUT2D eigenvalue weighted by Crippen LogP contribution is -2.11. The molecule has 1 rings (SSSR count). The lowest BCUT2D eigenvalue weighted by molar-refractivity contribution is 0.570. The fraction of sp³-hybridized carbons (Fsp3) is 0.467. The molecule has 2 heteroatoms. The molecule has 94 valence electrons. The molecule has 1 aromatic rings. The zero-order valence-electron chi connectivity index (χ0n) is 10.6. The second-order valence-electron chi connectivity index (χ2n) is 4.53. The van der Waals surface area contributed by atoms with Gasteiger partial charge in [-0.2, -0.15) is 0 Å². The standard InChI is InChI=1S/C15H22ClN/c1-3-4-5-6-7-8-15(17)14-11-13(16)10-9-12(14)2/h3,9-11,15H,1,4-8,17H2,2H3. The van der Waals surface area contributed by atoms with Gasteiger partial charge in [0, 0.05) is 11.1 Å².